The normalized spacial score (nSPS) is 19.6. The van der Waals surface area contributed by atoms with Gasteiger partial charge in [0.1, 0.15) is 0 Å². The van der Waals surface area contributed by atoms with E-state index in [1.165, 1.54) is 12.8 Å². The number of hydrogen-bond donors (Lipinski definition) is 3. The third-order valence-corrected chi connectivity index (χ3v) is 5.30. The number of amides is 2. The standard InChI is InChI=1S/C20H27N3O3S/c24-18(11-14-5-1-2-6-14)23-20(27)22-16-8-3-7-15(12-16)19(25)21-13-17-9-4-10-26-17/h3,7-8,12,14,17H,1-2,4-6,9-11,13H2,(H,21,25)(H2,22,23,24,27). The highest BCUT2D eigenvalue weighted by Crippen LogP contribution is 2.27. The van der Waals surface area contributed by atoms with Gasteiger partial charge in [-0.25, -0.2) is 0 Å². The molecule has 6 nitrogen and oxygen atoms in total. The fraction of sp³-hybridized carbons (Fsp3) is 0.550. The first kappa shape index (κ1) is 19.8. The maximum Gasteiger partial charge on any atom is 0.251 e. The summed E-state index contributed by atoms with van der Waals surface area (Å²) < 4.78 is 5.52. The number of thiocarbonyl (C=S) groups is 1. The van der Waals surface area contributed by atoms with Gasteiger partial charge in [-0.05, 0) is 62.0 Å². The van der Waals surface area contributed by atoms with Crippen LogP contribution in [0, 0.1) is 5.92 Å². The van der Waals surface area contributed by atoms with E-state index in [0.717, 1.165) is 32.3 Å². The van der Waals surface area contributed by atoms with Gasteiger partial charge in [-0.3, -0.25) is 9.59 Å². The van der Waals surface area contributed by atoms with Crippen molar-refractivity contribution in [2.45, 2.75) is 51.0 Å². The van der Waals surface area contributed by atoms with Crippen molar-refractivity contribution in [1.29, 1.82) is 0 Å². The Morgan fingerprint density at radius 3 is 2.70 bits per heavy atom. The number of anilines is 1. The van der Waals surface area contributed by atoms with Gasteiger partial charge in [0.25, 0.3) is 5.91 Å². The summed E-state index contributed by atoms with van der Waals surface area (Å²) in [4.78, 5) is 24.4. The Bertz CT molecular complexity index is 683. The van der Waals surface area contributed by atoms with E-state index in [-0.39, 0.29) is 23.0 Å². The van der Waals surface area contributed by atoms with Crippen LogP contribution >= 0.6 is 12.2 Å². The van der Waals surface area contributed by atoms with Crippen molar-refractivity contribution in [1.82, 2.24) is 10.6 Å². The third kappa shape index (κ3) is 6.29. The van der Waals surface area contributed by atoms with Crippen LogP contribution in [0.15, 0.2) is 24.3 Å². The number of rotatable bonds is 6. The van der Waals surface area contributed by atoms with E-state index in [9.17, 15) is 9.59 Å². The van der Waals surface area contributed by atoms with Crippen LogP contribution in [0.3, 0.4) is 0 Å². The van der Waals surface area contributed by atoms with E-state index < -0.39 is 0 Å². The van der Waals surface area contributed by atoms with Crippen LogP contribution < -0.4 is 16.0 Å². The lowest BCUT2D eigenvalue weighted by atomic mass is 10.0. The molecule has 1 aliphatic heterocycles. The van der Waals surface area contributed by atoms with Crippen LogP contribution in [0.2, 0.25) is 0 Å². The quantitative estimate of drug-likeness (QED) is 0.652. The van der Waals surface area contributed by atoms with Gasteiger partial charge in [0.15, 0.2) is 5.11 Å². The molecule has 1 atom stereocenters. The van der Waals surface area contributed by atoms with Gasteiger partial charge in [0, 0.05) is 30.8 Å². The lowest BCUT2D eigenvalue weighted by Gasteiger charge is -2.13. The van der Waals surface area contributed by atoms with Crippen molar-refractivity contribution in [3.8, 4) is 0 Å². The molecule has 0 aromatic heterocycles. The zero-order valence-corrected chi connectivity index (χ0v) is 16.3. The van der Waals surface area contributed by atoms with Gasteiger partial charge in [0.2, 0.25) is 5.91 Å². The SMILES string of the molecule is O=C(CC1CCCC1)NC(=S)Nc1cccc(C(=O)NCC2CCCO2)c1. The summed E-state index contributed by atoms with van der Waals surface area (Å²) in [5.41, 5.74) is 1.21. The molecule has 2 fully saturated rings. The van der Waals surface area contributed by atoms with Crippen LogP contribution in [-0.2, 0) is 9.53 Å². The summed E-state index contributed by atoms with van der Waals surface area (Å²) >= 11 is 5.23. The molecule has 1 heterocycles. The minimum absolute atomic E-state index is 0.0511. The monoisotopic (exact) mass is 389 g/mol. The summed E-state index contributed by atoms with van der Waals surface area (Å²) in [5, 5.41) is 8.87. The second-order valence-corrected chi connectivity index (χ2v) is 7.69. The number of carbonyl (C=O) groups is 2. The van der Waals surface area contributed by atoms with Crippen molar-refractivity contribution < 1.29 is 14.3 Å². The number of ether oxygens (including phenoxy) is 1. The molecule has 1 saturated heterocycles. The number of benzene rings is 1. The van der Waals surface area contributed by atoms with Gasteiger partial charge >= 0.3 is 0 Å². The van der Waals surface area contributed by atoms with Gasteiger partial charge in [-0.1, -0.05) is 18.9 Å². The second kappa shape index (κ2) is 9.80. The highest BCUT2D eigenvalue weighted by atomic mass is 32.1. The highest BCUT2D eigenvalue weighted by Gasteiger charge is 2.19. The molecule has 1 unspecified atom stereocenters. The highest BCUT2D eigenvalue weighted by molar-refractivity contribution is 7.80. The lowest BCUT2D eigenvalue weighted by molar-refractivity contribution is -0.120. The van der Waals surface area contributed by atoms with Crippen LogP contribution in [0.5, 0.6) is 0 Å². The molecule has 1 saturated carbocycles. The second-order valence-electron chi connectivity index (χ2n) is 7.28. The van der Waals surface area contributed by atoms with Crippen LogP contribution in [0.1, 0.15) is 55.3 Å². The lowest BCUT2D eigenvalue weighted by Crippen LogP contribution is -2.35. The van der Waals surface area contributed by atoms with Gasteiger partial charge in [-0.2, -0.15) is 0 Å². The summed E-state index contributed by atoms with van der Waals surface area (Å²) in [6.45, 7) is 1.29. The molecule has 2 amide bonds. The molecule has 0 spiro atoms. The molecule has 3 N–H and O–H groups in total. The average Bonchev–Trinajstić information content (AvgIpc) is 3.33. The minimum Gasteiger partial charge on any atom is -0.376 e. The van der Waals surface area contributed by atoms with Crippen LogP contribution in [-0.4, -0.2) is 36.2 Å². The first-order chi connectivity index (χ1) is 13.1. The van der Waals surface area contributed by atoms with E-state index in [1.54, 1.807) is 18.2 Å². The Balaban J connectivity index is 1.46. The molecule has 146 valence electrons. The van der Waals surface area contributed by atoms with E-state index in [1.807, 2.05) is 6.07 Å². The summed E-state index contributed by atoms with van der Waals surface area (Å²) in [6.07, 6.45) is 7.32. The molecule has 0 radical (unpaired) electrons. The molecular weight excluding hydrogens is 362 g/mol. The smallest absolute Gasteiger partial charge is 0.251 e. The Hall–Kier alpha value is -1.99. The van der Waals surface area contributed by atoms with Gasteiger partial charge in [0.05, 0.1) is 6.10 Å². The van der Waals surface area contributed by atoms with E-state index in [4.69, 9.17) is 17.0 Å². The predicted molar refractivity (Wildman–Crippen MR) is 109 cm³/mol. The van der Waals surface area contributed by atoms with E-state index >= 15 is 0 Å². The van der Waals surface area contributed by atoms with E-state index in [0.29, 0.717) is 30.1 Å². The molecule has 1 aromatic rings. The van der Waals surface area contributed by atoms with E-state index in [2.05, 4.69) is 16.0 Å². The summed E-state index contributed by atoms with van der Waals surface area (Å²) in [6, 6.07) is 7.07. The zero-order valence-electron chi connectivity index (χ0n) is 15.5. The number of nitrogens with one attached hydrogen (secondary N) is 3. The van der Waals surface area contributed by atoms with Crippen molar-refractivity contribution in [3.05, 3.63) is 29.8 Å². The molecule has 1 aliphatic carbocycles. The van der Waals surface area contributed by atoms with Crippen LogP contribution in [0.25, 0.3) is 0 Å². The Morgan fingerprint density at radius 1 is 1.15 bits per heavy atom. The Labute approximate surface area is 165 Å². The predicted octanol–water partition coefficient (Wildman–Crippen LogP) is 2.99. The fourth-order valence-corrected chi connectivity index (χ4v) is 3.90. The van der Waals surface area contributed by atoms with Crippen LogP contribution in [0.4, 0.5) is 5.69 Å². The maximum absolute atomic E-state index is 12.3. The molecule has 3 rings (SSSR count). The number of carbonyl (C=O) groups excluding carboxylic acids is 2. The molecule has 7 heteroatoms. The first-order valence-corrected chi connectivity index (χ1v) is 10.1. The largest absolute Gasteiger partial charge is 0.376 e. The molecule has 27 heavy (non-hydrogen) atoms. The summed E-state index contributed by atoms with van der Waals surface area (Å²) in [7, 11) is 0. The molecule has 0 bridgehead atoms. The van der Waals surface area contributed by atoms with Crippen molar-refractivity contribution in [2.75, 3.05) is 18.5 Å². The Morgan fingerprint density at radius 2 is 1.96 bits per heavy atom. The van der Waals surface area contributed by atoms with Gasteiger partial charge in [-0.15, -0.1) is 0 Å². The van der Waals surface area contributed by atoms with Gasteiger partial charge < -0.3 is 20.7 Å². The molecule has 2 aliphatic rings. The van der Waals surface area contributed by atoms with Crippen molar-refractivity contribution in [2.24, 2.45) is 5.92 Å². The zero-order chi connectivity index (χ0) is 19.1. The van der Waals surface area contributed by atoms with Crippen molar-refractivity contribution >= 4 is 34.8 Å². The van der Waals surface area contributed by atoms with Crippen molar-refractivity contribution in [3.63, 3.8) is 0 Å². The topological polar surface area (TPSA) is 79.5 Å². The third-order valence-electron chi connectivity index (χ3n) is 5.10. The Kier molecular flexibility index (Phi) is 7.18. The fourth-order valence-electron chi connectivity index (χ4n) is 3.67. The molecule has 1 aromatic carbocycles. The average molecular weight is 390 g/mol. The minimum atomic E-state index is -0.148. The maximum atomic E-state index is 12.3. The number of hydrogen-bond acceptors (Lipinski definition) is 4. The molecular formula is C20H27N3O3S. The first-order valence-electron chi connectivity index (χ1n) is 9.71. The summed E-state index contributed by atoms with van der Waals surface area (Å²) in [5.74, 6) is 0.277.